The molecule has 1 aliphatic rings. The lowest BCUT2D eigenvalue weighted by Gasteiger charge is -2.34. The minimum Gasteiger partial charge on any atom is -0.356 e. The van der Waals surface area contributed by atoms with Crippen molar-refractivity contribution in [3.63, 3.8) is 0 Å². The third-order valence-corrected chi connectivity index (χ3v) is 4.41. The van der Waals surface area contributed by atoms with Crippen molar-refractivity contribution in [2.45, 2.75) is 25.7 Å². The van der Waals surface area contributed by atoms with Gasteiger partial charge in [0.1, 0.15) is 17.8 Å². The van der Waals surface area contributed by atoms with E-state index in [0.717, 1.165) is 30.2 Å². The van der Waals surface area contributed by atoms with Crippen LogP contribution in [0.5, 0.6) is 0 Å². The highest BCUT2D eigenvalue weighted by atomic mass is 15.2. The summed E-state index contributed by atoms with van der Waals surface area (Å²) in [6, 6.07) is 8.44. The molecule has 3 aromatic heterocycles. The van der Waals surface area contributed by atoms with Gasteiger partial charge in [0.2, 0.25) is 0 Å². The van der Waals surface area contributed by atoms with Gasteiger partial charge in [-0.3, -0.25) is 0 Å². The van der Waals surface area contributed by atoms with Crippen molar-refractivity contribution in [2.24, 2.45) is 0 Å². The fourth-order valence-corrected chi connectivity index (χ4v) is 3.34. The molecule has 5 nitrogen and oxygen atoms in total. The molecule has 0 spiro atoms. The van der Waals surface area contributed by atoms with Crippen LogP contribution in [0.1, 0.15) is 30.1 Å². The predicted molar refractivity (Wildman–Crippen MR) is 86.1 cm³/mol. The summed E-state index contributed by atoms with van der Waals surface area (Å²) in [5.74, 6) is 1.54. The van der Waals surface area contributed by atoms with E-state index in [9.17, 15) is 0 Å². The monoisotopic (exact) mass is 293 g/mol. The zero-order valence-corrected chi connectivity index (χ0v) is 12.7. The zero-order chi connectivity index (χ0) is 14.9. The van der Waals surface area contributed by atoms with E-state index in [4.69, 9.17) is 0 Å². The standard InChI is InChI=1S/C17H19N5/c1-13-10-17(20-12-19-13)21-8-3-4-14(11-21)15-5-2-6-16-18-7-9-22(15)16/h2,5-7,9-10,12,14H,3-4,8,11H2,1H3/t14-/m0/s1. The van der Waals surface area contributed by atoms with Gasteiger partial charge < -0.3 is 9.30 Å². The van der Waals surface area contributed by atoms with Gasteiger partial charge in [0, 0.05) is 48.9 Å². The Labute approximate surface area is 129 Å². The lowest BCUT2D eigenvalue weighted by molar-refractivity contribution is 0.495. The second-order valence-corrected chi connectivity index (χ2v) is 5.91. The van der Waals surface area contributed by atoms with Crippen LogP contribution in [0.15, 0.2) is 43.0 Å². The highest BCUT2D eigenvalue weighted by Crippen LogP contribution is 2.29. The minimum absolute atomic E-state index is 0.502. The molecule has 0 N–H and O–H groups in total. The Balaban J connectivity index is 1.65. The SMILES string of the molecule is Cc1cc(N2CCC[C@H](c3cccc4nccn34)C2)ncn1. The number of fused-ring (bicyclic) bond motifs is 1. The zero-order valence-electron chi connectivity index (χ0n) is 12.7. The van der Waals surface area contributed by atoms with Crippen molar-refractivity contribution < 1.29 is 0 Å². The lowest BCUT2D eigenvalue weighted by Crippen LogP contribution is -2.35. The van der Waals surface area contributed by atoms with Gasteiger partial charge >= 0.3 is 0 Å². The number of aryl methyl sites for hydroxylation is 1. The molecule has 1 aliphatic heterocycles. The summed E-state index contributed by atoms with van der Waals surface area (Å²) in [5.41, 5.74) is 3.38. The average Bonchev–Trinajstić information content (AvgIpc) is 3.03. The van der Waals surface area contributed by atoms with E-state index in [1.807, 2.05) is 13.1 Å². The van der Waals surface area contributed by atoms with E-state index in [-0.39, 0.29) is 0 Å². The molecule has 0 aliphatic carbocycles. The average molecular weight is 293 g/mol. The Morgan fingerprint density at radius 2 is 2.14 bits per heavy atom. The van der Waals surface area contributed by atoms with Crippen molar-refractivity contribution in [3.05, 3.63) is 54.4 Å². The van der Waals surface area contributed by atoms with Crippen molar-refractivity contribution in [3.8, 4) is 0 Å². The normalized spacial score (nSPS) is 18.8. The van der Waals surface area contributed by atoms with Crippen LogP contribution in [0.3, 0.4) is 0 Å². The quantitative estimate of drug-likeness (QED) is 0.729. The summed E-state index contributed by atoms with van der Waals surface area (Å²) in [6.45, 7) is 4.07. The second-order valence-electron chi connectivity index (χ2n) is 5.91. The van der Waals surface area contributed by atoms with E-state index < -0.39 is 0 Å². The molecule has 0 saturated carbocycles. The summed E-state index contributed by atoms with van der Waals surface area (Å²) in [4.78, 5) is 15.4. The molecule has 0 radical (unpaired) electrons. The molecule has 4 heterocycles. The van der Waals surface area contributed by atoms with Crippen molar-refractivity contribution >= 4 is 11.5 Å². The van der Waals surface area contributed by atoms with Gasteiger partial charge in [-0.2, -0.15) is 0 Å². The largest absolute Gasteiger partial charge is 0.356 e. The first-order valence-corrected chi connectivity index (χ1v) is 7.77. The van der Waals surface area contributed by atoms with Crippen LogP contribution in [0, 0.1) is 6.92 Å². The Bertz CT molecular complexity index is 794. The van der Waals surface area contributed by atoms with E-state index in [0.29, 0.717) is 5.92 Å². The number of piperidine rings is 1. The summed E-state index contributed by atoms with van der Waals surface area (Å²) in [5, 5.41) is 0. The predicted octanol–water partition coefficient (Wildman–Crippen LogP) is 2.82. The Morgan fingerprint density at radius 1 is 1.18 bits per heavy atom. The molecular formula is C17H19N5. The number of aromatic nitrogens is 4. The first-order valence-electron chi connectivity index (χ1n) is 7.77. The van der Waals surface area contributed by atoms with Gasteiger partial charge in [-0.05, 0) is 31.9 Å². The molecule has 3 aromatic rings. The number of pyridine rings is 1. The molecule has 0 unspecified atom stereocenters. The first kappa shape index (κ1) is 13.2. The van der Waals surface area contributed by atoms with Gasteiger partial charge in [-0.25, -0.2) is 15.0 Å². The van der Waals surface area contributed by atoms with Crippen LogP contribution < -0.4 is 4.90 Å². The Hall–Kier alpha value is -2.43. The summed E-state index contributed by atoms with van der Waals surface area (Å²) < 4.78 is 2.21. The van der Waals surface area contributed by atoms with Crippen molar-refractivity contribution in [1.82, 2.24) is 19.4 Å². The molecular weight excluding hydrogens is 274 g/mol. The van der Waals surface area contributed by atoms with Crippen LogP contribution in [0.4, 0.5) is 5.82 Å². The summed E-state index contributed by atoms with van der Waals surface area (Å²) in [7, 11) is 0. The number of rotatable bonds is 2. The molecule has 1 saturated heterocycles. The van der Waals surface area contributed by atoms with Crippen LogP contribution >= 0.6 is 0 Å². The summed E-state index contributed by atoms with van der Waals surface area (Å²) >= 11 is 0. The van der Waals surface area contributed by atoms with Crippen LogP contribution in [-0.4, -0.2) is 32.4 Å². The highest BCUT2D eigenvalue weighted by molar-refractivity contribution is 5.43. The van der Waals surface area contributed by atoms with Gasteiger partial charge in [0.25, 0.3) is 0 Å². The van der Waals surface area contributed by atoms with Crippen molar-refractivity contribution in [2.75, 3.05) is 18.0 Å². The van der Waals surface area contributed by atoms with E-state index in [1.54, 1.807) is 6.33 Å². The van der Waals surface area contributed by atoms with Crippen LogP contribution in [-0.2, 0) is 0 Å². The molecule has 1 fully saturated rings. The lowest BCUT2D eigenvalue weighted by atomic mass is 9.94. The molecule has 1 atom stereocenters. The van der Waals surface area contributed by atoms with Crippen LogP contribution in [0.25, 0.3) is 5.65 Å². The number of hydrogen-bond acceptors (Lipinski definition) is 4. The van der Waals surface area contributed by atoms with Gasteiger partial charge in [0.05, 0.1) is 0 Å². The third-order valence-electron chi connectivity index (χ3n) is 4.41. The maximum Gasteiger partial charge on any atom is 0.136 e. The second kappa shape index (κ2) is 5.40. The van der Waals surface area contributed by atoms with Crippen molar-refractivity contribution in [1.29, 1.82) is 0 Å². The van der Waals surface area contributed by atoms with Gasteiger partial charge in [-0.1, -0.05) is 6.07 Å². The van der Waals surface area contributed by atoms with Gasteiger partial charge in [0.15, 0.2) is 0 Å². The molecule has 0 aromatic carbocycles. The summed E-state index contributed by atoms with van der Waals surface area (Å²) in [6.07, 6.45) is 7.97. The minimum atomic E-state index is 0.502. The number of nitrogens with zero attached hydrogens (tertiary/aromatic N) is 5. The fraction of sp³-hybridized carbons (Fsp3) is 0.353. The highest BCUT2D eigenvalue weighted by Gasteiger charge is 2.24. The fourth-order valence-electron chi connectivity index (χ4n) is 3.34. The Morgan fingerprint density at radius 3 is 3.05 bits per heavy atom. The molecule has 4 rings (SSSR count). The molecule has 112 valence electrons. The topological polar surface area (TPSA) is 46.3 Å². The maximum absolute atomic E-state index is 4.44. The van der Waals surface area contributed by atoms with Crippen LogP contribution in [0.2, 0.25) is 0 Å². The molecule has 0 bridgehead atoms. The van der Waals surface area contributed by atoms with Gasteiger partial charge in [-0.15, -0.1) is 0 Å². The molecule has 22 heavy (non-hydrogen) atoms. The van der Waals surface area contributed by atoms with E-state index in [1.165, 1.54) is 18.5 Å². The number of imidazole rings is 1. The maximum atomic E-state index is 4.44. The first-order chi connectivity index (χ1) is 10.8. The molecule has 5 heteroatoms. The molecule has 0 amide bonds. The number of anilines is 1. The third kappa shape index (κ3) is 2.32. The Kier molecular flexibility index (Phi) is 3.25. The smallest absolute Gasteiger partial charge is 0.136 e. The van der Waals surface area contributed by atoms with E-state index in [2.05, 4.69) is 54.7 Å². The number of hydrogen-bond donors (Lipinski definition) is 0. The van der Waals surface area contributed by atoms with E-state index >= 15 is 0 Å².